The highest BCUT2D eigenvalue weighted by molar-refractivity contribution is 6.74. The van der Waals surface area contributed by atoms with Gasteiger partial charge in [0.25, 0.3) is 0 Å². The number of ether oxygens (including phenoxy) is 2. The Kier molecular flexibility index (Phi) is 14.4. The number of Topliss-reactive ketones (excluding diaryl/α,β-unsaturated/α-hetero) is 1. The van der Waals surface area contributed by atoms with E-state index in [0.717, 1.165) is 12.8 Å². The molecule has 208 valence electrons. The van der Waals surface area contributed by atoms with Crippen LogP contribution in [0.5, 0.6) is 0 Å². The molecule has 0 radical (unpaired) electrons. The van der Waals surface area contributed by atoms with E-state index in [9.17, 15) is 9.59 Å². The molecule has 1 aliphatic carbocycles. The zero-order valence-electron chi connectivity index (χ0n) is 24.4. The monoisotopic (exact) mass is 523 g/mol. The molecule has 0 fully saturated rings. The lowest BCUT2D eigenvalue weighted by molar-refractivity contribution is -0.125. The second kappa shape index (κ2) is 15.9. The summed E-state index contributed by atoms with van der Waals surface area (Å²) in [5.41, 5.74) is 0.647. The second-order valence-corrected chi connectivity index (χ2v) is 16.3. The van der Waals surface area contributed by atoms with Gasteiger partial charge in [-0.3, -0.25) is 9.59 Å². The van der Waals surface area contributed by atoms with Crippen LogP contribution in [0.2, 0.25) is 18.1 Å². The maximum atomic E-state index is 13.2. The van der Waals surface area contributed by atoms with Gasteiger partial charge in [-0.1, -0.05) is 72.1 Å². The first-order chi connectivity index (χ1) is 16.9. The van der Waals surface area contributed by atoms with E-state index in [1.165, 1.54) is 19.3 Å². The Labute approximate surface area is 221 Å². The van der Waals surface area contributed by atoms with Crippen molar-refractivity contribution in [1.29, 1.82) is 0 Å². The summed E-state index contributed by atoms with van der Waals surface area (Å²) in [5.74, 6) is -0.208. The lowest BCUT2D eigenvalue weighted by Gasteiger charge is -2.42. The van der Waals surface area contributed by atoms with Gasteiger partial charge in [0.1, 0.15) is 6.10 Å². The van der Waals surface area contributed by atoms with Crippen LogP contribution in [0.1, 0.15) is 86.0 Å². The molecule has 36 heavy (non-hydrogen) atoms. The maximum absolute atomic E-state index is 13.2. The van der Waals surface area contributed by atoms with Crippen molar-refractivity contribution in [2.45, 2.75) is 122 Å². The van der Waals surface area contributed by atoms with Crippen LogP contribution in [0.4, 0.5) is 0 Å². The van der Waals surface area contributed by atoms with Crippen molar-refractivity contribution in [1.82, 2.24) is 5.32 Å². The van der Waals surface area contributed by atoms with Gasteiger partial charge in [0.15, 0.2) is 14.1 Å². The molecule has 1 aliphatic rings. The van der Waals surface area contributed by atoms with Crippen LogP contribution in [0.15, 0.2) is 23.8 Å². The molecule has 0 unspecified atom stereocenters. The minimum atomic E-state index is -1.97. The Hall–Kier alpha value is -1.28. The van der Waals surface area contributed by atoms with E-state index in [1.54, 1.807) is 14.2 Å². The Morgan fingerprint density at radius 1 is 1.19 bits per heavy atom. The predicted octanol–water partition coefficient (Wildman–Crippen LogP) is 6.37. The summed E-state index contributed by atoms with van der Waals surface area (Å²) < 4.78 is 17.7. The van der Waals surface area contributed by atoms with Gasteiger partial charge in [-0.25, -0.2) is 0 Å². The lowest BCUT2D eigenvalue weighted by Crippen LogP contribution is -2.48. The minimum Gasteiger partial charge on any atom is -0.413 e. The molecule has 0 aliphatic heterocycles. The molecule has 0 aromatic rings. The fourth-order valence-corrected chi connectivity index (χ4v) is 5.54. The number of ketones is 1. The first-order valence-electron chi connectivity index (χ1n) is 13.8. The third-order valence-corrected chi connectivity index (χ3v) is 12.3. The largest absolute Gasteiger partial charge is 0.413 e. The van der Waals surface area contributed by atoms with Gasteiger partial charge in [0.05, 0.1) is 12.2 Å². The van der Waals surface area contributed by atoms with E-state index in [0.29, 0.717) is 31.4 Å². The number of hydrogen-bond acceptors (Lipinski definition) is 5. The summed E-state index contributed by atoms with van der Waals surface area (Å²) in [6.45, 7) is 15.5. The Balaban J connectivity index is 2.53. The molecule has 0 saturated carbocycles. The third-order valence-electron chi connectivity index (χ3n) is 7.76. The van der Waals surface area contributed by atoms with Gasteiger partial charge in [-0.15, -0.1) is 0 Å². The molecule has 0 bridgehead atoms. The van der Waals surface area contributed by atoms with Gasteiger partial charge in [-0.05, 0) is 43.8 Å². The quantitative estimate of drug-likeness (QED) is 0.145. The fraction of sp³-hybridized carbons (Fsp3) is 0.793. The van der Waals surface area contributed by atoms with E-state index < -0.39 is 14.4 Å². The molecule has 0 spiro atoms. The Morgan fingerprint density at radius 3 is 2.47 bits per heavy atom. The summed E-state index contributed by atoms with van der Waals surface area (Å²) >= 11 is 0. The molecule has 0 saturated heterocycles. The number of allylic oxidation sites excluding steroid dienone is 1. The number of rotatable bonds is 16. The molecular weight excluding hydrogens is 470 g/mol. The number of carbonyl (C=O) groups is 2. The molecule has 0 aromatic heterocycles. The fourth-order valence-electron chi connectivity index (χ4n) is 4.12. The average Bonchev–Trinajstić information content (AvgIpc) is 2.81. The Bertz CT molecular complexity index is 740. The number of methoxy groups -OCH3 is 2. The van der Waals surface area contributed by atoms with Crippen LogP contribution in [0.3, 0.4) is 0 Å². The number of unbranched alkanes of at least 4 members (excludes halogenated alkanes) is 2. The maximum Gasteiger partial charge on any atom is 0.220 e. The zero-order chi connectivity index (χ0) is 27.4. The second-order valence-electron chi connectivity index (χ2n) is 11.6. The van der Waals surface area contributed by atoms with Crippen molar-refractivity contribution < 1.29 is 23.5 Å². The van der Waals surface area contributed by atoms with E-state index in [4.69, 9.17) is 13.9 Å². The predicted molar refractivity (Wildman–Crippen MR) is 151 cm³/mol. The number of carbonyl (C=O) groups excluding carboxylic acids is 2. The summed E-state index contributed by atoms with van der Waals surface area (Å²) in [7, 11) is 1.38. The van der Waals surface area contributed by atoms with Crippen LogP contribution >= 0.6 is 0 Å². The standard InChI is InChI=1S/C29H53NO5Si/c1-10-11-13-16-23(33-6)17-14-12-15-18-27(31)30-21-26(34-7)24-19-20-25(22(2)28(24)32)35-36(8,9)29(3,4)5/h12,14,19,22-23,25-26H,10-11,13,15-18,20-21H2,1-9H3,(H,30,31)/b14-12+/t22-,23+,25-,26-/m1/s1. The molecule has 4 atom stereocenters. The molecule has 0 heterocycles. The van der Waals surface area contributed by atoms with Crippen molar-refractivity contribution in [3.05, 3.63) is 23.8 Å². The van der Waals surface area contributed by atoms with Gasteiger partial charge in [0.2, 0.25) is 5.91 Å². The summed E-state index contributed by atoms with van der Waals surface area (Å²) in [5, 5.41) is 3.03. The summed E-state index contributed by atoms with van der Waals surface area (Å²) in [6.07, 6.45) is 13.2. The number of nitrogens with one attached hydrogen (secondary N) is 1. The summed E-state index contributed by atoms with van der Waals surface area (Å²) in [6, 6.07) is 0. The van der Waals surface area contributed by atoms with Crippen LogP contribution in [-0.4, -0.2) is 59.1 Å². The van der Waals surface area contributed by atoms with Crippen molar-refractivity contribution in [3.8, 4) is 0 Å². The van der Waals surface area contributed by atoms with E-state index in [1.807, 2.05) is 13.0 Å². The van der Waals surface area contributed by atoms with Gasteiger partial charge in [-0.2, -0.15) is 0 Å². The lowest BCUT2D eigenvalue weighted by atomic mass is 9.84. The van der Waals surface area contributed by atoms with Crippen molar-refractivity contribution >= 4 is 20.0 Å². The SMILES string of the molecule is CCCCC[C@@H](C/C=C/CCC(=O)NC[C@@H](OC)C1=CC[C@@H](O[Si](C)(C)C(C)(C)C)[C@@H](C)C1=O)OC. The molecule has 6 nitrogen and oxygen atoms in total. The van der Waals surface area contributed by atoms with Crippen LogP contribution in [-0.2, 0) is 23.5 Å². The van der Waals surface area contributed by atoms with Crippen molar-refractivity contribution in [3.63, 3.8) is 0 Å². The topological polar surface area (TPSA) is 73.9 Å². The van der Waals surface area contributed by atoms with Crippen LogP contribution in [0.25, 0.3) is 0 Å². The molecular formula is C29H53NO5Si. The molecule has 1 amide bonds. The normalized spacial score (nSPS) is 20.9. The van der Waals surface area contributed by atoms with E-state index in [-0.39, 0.29) is 34.9 Å². The van der Waals surface area contributed by atoms with Gasteiger partial charge < -0.3 is 19.2 Å². The third kappa shape index (κ3) is 10.6. The van der Waals surface area contributed by atoms with Crippen LogP contribution in [0, 0.1) is 5.92 Å². The first-order valence-corrected chi connectivity index (χ1v) is 16.7. The number of hydrogen-bond donors (Lipinski definition) is 1. The molecule has 0 aromatic carbocycles. The van der Waals surface area contributed by atoms with E-state index >= 15 is 0 Å². The smallest absolute Gasteiger partial charge is 0.220 e. The van der Waals surface area contributed by atoms with Gasteiger partial charge in [0, 0.05) is 38.7 Å². The van der Waals surface area contributed by atoms with Gasteiger partial charge >= 0.3 is 0 Å². The minimum absolute atomic E-state index is 0.0380. The van der Waals surface area contributed by atoms with Crippen molar-refractivity contribution in [2.75, 3.05) is 20.8 Å². The van der Waals surface area contributed by atoms with E-state index in [2.05, 4.69) is 58.3 Å². The number of amides is 1. The highest BCUT2D eigenvalue weighted by atomic mass is 28.4. The van der Waals surface area contributed by atoms with Crippen LogP contribution < -0.4 is 5.32 Å². The Morgan fingerprint density at radius 2 is 1.89 bits per heavy atom. The highest BCUT2D eigenvalue weighted by Crippen LogP contribution is 2.39. The first kappa shape index (κ1) is 32.7. The molecule has 1 rings (SSSR count). The summed E-state index contributed by atoms with van der Waals surface area (Å²) in [4.78, 5) is 25.6. The molecule has 1 N–H and O–H groups in total. The molecule has 7 heteroatoms. The van der Waals surface area contributed by atoms with Crippen molar-refractivity contribution in [2.24, 2.45) is 5.92 Å². The zero-order valence-corrected chi connectivity index (χ0v) is 25.4. The average molecular weight is 524 g/mol. The highest BCUT2D eigenvalue weighted by Gasteiger charge is 2.43.